The molecule has 2 N–H and O–H groups in total. The Hall–Kier alpha value is -1.82. The normalized spacial score (nSPS) is 12.6. The van der Waals surface area contributed by atoms with E-state index in [9.17, 15) is 8.78 Å². The second kappa shape index (κ2) is 5.88. The maximum atomic E-state index is 13.1. The van der Waals surface area contributed by atoms with Gasteiger partial charge in [0.1, 0.15) is 0 Å². The molecule has 0 saturated carbocycles. The van der Waals surface area contributed by atoms with Crippen molar-refractivity contribution in [2.24, 2.45) is 5.73 Å². The lowest BCUT2D eigenvalue weighted by Gasteiger charge is -2.03. The Labute approximate surface area is 109 Å². The van der Waals surface area contributed by atoms with Crippen molar-refractivity contribution in [1.82, 2.24) is 10.1 Å². The number of hydrogen-bond donors (Lipinski definition) is 1. The standard InChI is InChI=1S/C13H15F2N3O/c1-8(3-2-6-16)13-17-12(18-19-13)9-4-5-10(14)11(15)7-9/h4-5,7-8H,2-3,6,16H2,1H3. The summed E-state index contributed by atoms with van der Waals surface area (Å²) in [4.78, 5) is 4.20. The van der Waals surface area contributed by atoms with Crippen LogP contribution in [0.5, 0.6) is 0 Å². The molecule has 0 aliphatic rings. The summed E-state index contributed by atoms with van der Waals surface area (Å²) in [6.07, 6.45) is 1.71. The minimum Gasteiger partial charge on any atom is -0.339 e. The van der Waals surface area contributed by atoms with E-state index < -0.39 is 11.6 Å². The van der Waals surface area contributed by atoms with Crippen LogP contribution in [0.1, 0.15) is 31.6 Å². The Morgan fingerprint density at radius 3 is 2.79 bits per heavy atom. The molecule has 0 bridgehead atoms. The molecule has 1 aromatic carbocycles. The molecule has 102 valence electrons. The van der Waals surface area contributed by atoms with E-state index in [-0.39, 0.29) is 11.7 Å². The number of rotatable bonds is 5. The zero-order valence-electron chi connectivity index (χ0n) is 10.6. The number of nitrogens with zero attached hydrogens (tertiary/aromatic N) is 2. The Morgan fingerprint density at radius 1 is 1.32 bits per heavy atom. The maximum Gasteiger partial charge on any atom is 0.229 e. The molecule has 0 spiro atoms. The van der Waals surface area contributed by atoms with Crippen molar-refractivity contribution >= 4 is 0 Å². The van der Waals surface area contributed by atoms with Crippen LogP contribution in [0.25, 0.3) is 11.4 Å². The maximum absolute atomic E-state index is 13.1. The fourth-order valence-corrected chi connectivity index (χ4v) is 1.74. The Bertz CT molecular complexity index is 557. The van der Waals surface area contributed by atoms with Crippen LogP contribution in [-0.4, -0.2) is 16.7 Å². The summed E-state index contributed by atoms with van der Waals surface area (Å²) in [6, 6.07) is 3.50. The first-order valence-corrected chi connectivity index (χ1v) is 6.11. The molecule has 0 aliphatic heterocycles. The summed E-state index contributed by atoms with van der Waals surface area (Å²) in [5.41, 5.74) is 5.83. The summed E-state index contributed by atoms with van der Waals surface area (Å²) >= 11 is 0. The third-order valence-corrected chi connectivity index (χ3v) is 2.88. The van der Waals surface area contributed by atoms with Crippen LogP contribution in [0, 0.1) is 11.6 Å². The van der Waals surface area contributed by atoms with Gasteiger partial charge in [-0.25, -0.2) is 8.78 Å². The average molecular weight is 267 g/mol. The number of nitrogens with two attached hydrogens (primary N) is 1. The van der Waals surface area contributed by atoms with E-state index in [4.69, 9.17) is 10.3 Å². The van der Waals surface area contributed by atoms with Crippen molar-refractivity contribution in [3.8, 4) is 11.4 Å². The number of halogens is 2. The zero-order valence-corrected chi connectivity index (χ0v) is 10.6. The van der Waals surface area contributed by atoms with Gasteiger partial charge in [0, 0.05) is 11.5 Å². The second-order valence-corrected chi connectivity index (χ2v) is 4.42. The molecule has 0 amide bonds. The van der Waals surface area contributed by atoms with Gasteiger partial charge in [-0.3, -0.25) is 0 Å². The first-order chi connectivity index (χ1) is 9.11. The molecule has 0 radical (unpaired) electrons. The molecule has 19 heavy (non-hydrogen) atoms. The van der Waals surface area contributed by atoms with E-state index in [2.05, 4.69) is 10.1 Å². The molecule has 0 aliphatic carbocycles. The minimum atomic E-state index is -0.931. The van der Waals surface area contributed by atoms with Gasteiger partial charge in [-0.1, -0.05) is 12.1 Å². The molecule has 2 aromatic rings. The fourth-order valence-electron chi connectivity index (χ4n) is 1.74. The van der Waals surface area contributed by atoms with Gasteiger partial charge >= 0.3 is 0 Å². The van der Waals surface area contributed by atoms with Crippen LogP contribution in [0.2, 0.25) is 0 Å². The van der Waals surface area contributed by atoms with Gasteiger partial charge in [0.2, 0.25) is 11.7 Å². The smallest absolute Gasteiger partial charge is 0.229 e. The molecule has 1 aromatic heterocycles. The van der Waals surface area contributed by atoms with Gasteiger partial charge in [-0.05, 0) is 37.6 Å². The fraction of sp³-hybridized carbons (Fsp3) is 0.385. The zero-order chi connectivity index (χ0) is 13.8. The van der Waals surface area contributed by atoms with Crippen LogP contribution in [0.4, 0.5) is 8.78 Å². The first kappa shape index (κ1) is 13.6. The highest BCUT2D eigenvalue weighted by molar-refractivity contribution is 5.54. The molecule has 1 heterocycles. The second-order valence-electron chi connectivity index (χ2n) is 4.42. The van der Waals surface area contributed by atoms with Gasteiger partial charge in [-0.2, -0.15) is 4.98 Å². The third kappa shape index (κ3) is 3.14. The van der Waals surface area contributed by atoms with E-state index in [0.717, 1.165) is 25.0 Å². The number of benzene rings is 1. The lowest BCUT2D eigenvalue weighted by Crippen LogP contribution is -2.02. The Morgan fingerprint density at radius 2 is 2.11 bits per heavy atom. The van der Waals surface area contributed by atoms with Crippen LogP contribution in [0.15, 0.2) is 22.7 Å². The predicted octanol–water partition coefficient (Wildman–Crippen LogP) is 2.86. The van der Waals surface area contributed by atoms with Crippen LogP contribution in [0.3, 0.4) is 0 Å². The van der Waals surface area contributed by atoms with Crippen LogP contribution < -0.4 is 5.73 Å². The van der Waals surface area contributed by atoms with Crippen molar-refractivity contribution in [3.63, 3.8) is 0 Å². The average Bonchev–Trinajstić information content (AvgIpc) is 2.89. The first-order valence-electron chi connectivity index (χ1n) is 6.11. The molecule has 1 atom stereocenters. The highest BCUT2D eigenvalue weighted by Gasteiger charge is 2.15. The van der Waals surface area contributed by atoms with E-state index in [1.54, 1.807) is 0 Å². The van der Waals surface area contributed by atoms with E-state index in [0.29, 0.717) is 18.0 Å². The molecular weight excluding hydrogens is 252 g/mol. The van der Waals surface area contributed by atoms with Crippen LogP contribution in [-0.2, 0) is 0 Å². The molecule has 1 unspecified atom stereocenters. The molecule has 6 heteroatoms. The highest BCUT2D eigenvalue weighted by atomic mass is 19.2. The lowest BCUT2D eigenvalue weighted by atomic mass is 10.1. The molecular formula is C13H15F2N3O. The van der Waals surface area contributed by atoms with Gasteiger partial charge < -0.3 is 10.3 Å². The van der Waals surface area contributed by atoms with Crippen LogP contribution >= 0.6 is 0 Å². The highest BCUT2D eigenvalue weighted by Crippen LogP contribution is 2.23. The summed E-state index contributed by atoms with van der Waals surface area (Å²) in [5.74, 6) is -0.999. The Kier molecular flexibility index (Phi) is 4.21. The predicted molar refractivity (Wildman–Crippen MR) is 66.4 cm³/mol. The van der Waals surface area contributed by atoms with Gasteiger partial charge in [0.25, 0.3) is 0 Å². The van der Waals surface area contributed by atoms with Gasteiger partial charge in [0.15, 0.2) is 11.6 Å². The number of hydrogen-bond acceptors (Lipinski definition) is 4. The van der Waals surface area contributed by atoms with E-state index >= 15 is 0 Å². The molecule has 0 saturated heterocycles. The van der Waals surface area contributed by atoms with Crippen molar-refractivity contribution in [1.29, 1.82) is 0 Å². The largest absolute Gasteiger partial charge is 0.339 e. The Balaban J connectivity index is 2.18. The summed E-state index contributed by atoms with van der Waals surface area (Å²) in [6.45, 7) is 2.56. The molecule has 0 fully saturated rings. The van der Waals surface area contributed by atoms with Gasteiger partial charge in [-0.15, -0.1) is 0 Å². The molecule has 4 nitrogen and oxygen atoms in total. The third-order valence-electron chi connectivity index (χ3n) is 2.88. The van der Waals surface area contributed by atoms with Crippen molar-refractivity contribution in [2.45, 2.75) is 25.7 Å². The number of aromatic nitrogens is 2. The van der Waals surface area contributed by atoms with E-state index in [1.807, 2.05) is 6.92 Å². The van der Waals surface area contributed by atoms with Gasteiger partial charge in [0.05, 0.1) is 0 Å². The molecule has 2 rings (SSSR count). The SMILES string of the molecule is CC(CCCN)c1nc(-c2ccc(F)c(F)c2)no1. The minimum absolute atomic E-state index is 0.0927. The van der Waals surface area contributed by atoms with E-state index in [1.165, 1.54) is 6.07 Å². The summed E-state index contributed by atoms with van der Waals surface area (Å²) in [5, 5.41) is 3.78. The summed E-state index contributed by atoms with van der Waals surface area (Å²) < 4.78 is 31.1. The van der Waals surface area contributed by atoms with Crippen molar-refractivity contribution in [2.75, 3.05) is 6.54 Å². The monoisotopic (exact) mass is 267 g/mol. The van der Waals surface area contributed by atoms with Crippen molar-refractivity contribution in [3.05, 3.63) is 35.7 Å². The lowest BCUT2D eigenvalue weighted by molar-refractivity contribution is 0.352. The quantitative estimate of drug-likeness (QED) is 0.904. The topological polar surface area (TPSA) is 64.9 Å². The summed E-state index contributed by atoms with van der Waals surface area (Å²) in [7, 11) is 0. The van der Waals surface area contributed by atoms with Crippen molar-refractivity contribution < 1.29 is 13.3 Å².